The molecule has 0 spiro atoms. The zero-order chi connectivity index (χ0) is 89.9. The summed E-state index contributed by atoms with van der Waals surface area (Å²) in [7, 11) is 0. The highest BCUT2D eigenvalue weighted by Crippen LogP contribution is 2.20. The molecule has 2 aromatic rings. The summed E-state index contributed by atoms with van der Waals surface area (Å²) in [5.41, 5.74) is 0.472. The molecule has 0 saturated carbocycles. The second-order valence-corrected chi connectivity index (χ2v) is 29.3. The van der Waals surface area contributed by atoms with Crippen molar-refractivity contribution in [1.82, 2.24) is 37.2 Å². The molecule has 122 heavy (non-hydrogen) atoms. The third-order valence-electron chi connectivity index (χ3n) is 18.9. The number of ketones is 3. The van der Waals surface area contributed by atoms with Gasteiger partial charge in [-0.05, 0) is 126 Å². The number of carbonyl (C=O) groups excluding carboxylic acids is 10. The minimum atomic E-state index is -1.28. The molecule has 35 heteroatoms. The zero-order valence-electron chi connectivity index (χ0n) is 72.5. The second kappa shape index (κ2) is 75.6. The van der Waals surface area contributed by atoms with E-state index in [1.165, 1.54) is 31.2 Å². The van der Waals surface area contributed by atoms with Crippen LogP contribution < -0.4 is 46.7 Å². The molecule has 0 radical (unpaired) electrons. The number of carboxylic acids is 4. The van der Waals surface area contributed by atoms with E-state index in [1.807, 2.05) is 6.92 Å². The standard InChI is InChI=1S/C47H76N4O15.C40H65N3O13.2H2/c1-4-37(41(53)32-35(2)36(3)52)14-11-12-22-48-43(55)21-20-40(47(60)61)51-45(57)34-65-31-29-63-27-24-50-44(56)33-64-30-28-62-26-23-49-42(54)15-10-8-6-5-7-9-13-25-66-39-18-16-38(17-19-39)46(58)59;1-2-3-10-21-41-37(46)20-19-35(40(50)51)43-38(47)31-55-29-26-52-23-12-13-33(44)30-54-28-27-53-25-22-42-36(45)14-9-7-5-4-6-8-11-24-56-34-17-15-32(16-18-34)39(48)49;;/h16-19,35,37,40H,4-15,20-34H2,1-3H3,(H,48,55)(H,49,54)(H,50,56)(H,51,57)(H,58,59)(H,60,61);15-18,35H,2-14,19-31H2,1H3,(H,41,46)(H,42,45)(H,43,47)(H,48,49)(H,50,51);2*1H/t35-,37+,40+;35-;;/m10../s1. The predicted octanol–water partition coefficient (Wildman–Crippen LogP) is 8.59. The molecule has 0 aliphatic carbocycles. The number of ether oxygens (including phenoxy) is 10. The summed E-state index contributed by atoms with van der Waals surface area (Å²) in [4.78, 5) is 165. The number of hydrogen-bond acceptors (Lipinski definition) is 24. The molecule has 4 atom stereocenters. The Bertz CT molecular complexity index is 3250. The molecule has 7 amide bonds. The molecule has 35 nitrogen and oxygen atoms in total. The molecule has 696 valence electrons. The smallest absolute Gasteiger partial charge is 0.335 e. The van der Waals surface area contributed by atoms with Gasteiger partial charge in [0.05, 0.1) is 97.0 Å². The highest BCUT2D eigenvalue weighted by atomic mass is 16.5. The van der Waals surface area contributed by atoms with Gasteiger partial charge in [0.1, 0.15) is 61.6 Å². The van der Waals surface area contributed by atoms with E-state index in [1.54, 1.807) is 31.2 Å². The van der Waals surface area contributed by atoms with E-state index in [2.05, 4.69) is 44.1 Å². The van der Waals surface area contributed by atoms with Gasteiger partial charge in [-0.1, -0.05) is 104 Å². The lowest BCUT2D eigenvalue weighted by Crippen LogP contribution is -2.43. The summed E-state index contributed by atoms with van der Waals surface area (Å²) in [5, 5.41) is 55.2. The number of benzene rings is 2. The maximum absolute atomic E-state index is 12.5. The van der Waals surface area contributed by atoms with Crippen LogP contribution in [0.15, 0.2) is 48.5 Å². The minimum Gasteiger partial charge on any atom is -0.494 e. The van der Waals surface area contributed by atoms with Crippen molar-refractivity contribution < 1.29 is 138 Å². The molecule has 0 fully saturated rings. The van der Waals surface area contributed by atoms with Crippen LogP contribution in [0.25, 0.3) is 0 Å². The van der Waals surface area contributed by atoms with Gasteiger partial charge >= 0.3 is 23.9 Å². The molecule has 11 N–H and O–H groups in total. The lowest BCUT2D eigenvalue weighted by molar-refractivity contribution is -0.143. The fourth-order valence-electron chi connectivity index (χ4n) is 11.6. The highest BCUT2D eigenvalue weighted by Gasteiger charge is 2.24. The fraction of sp³-hybridized carbons (Fsp3) is 0.701. The molecule has 0 heterocycles. The van der Waals surface area contributed by atoms with Crippen molar-refractivity contribution in [2.24, 2.45) is 11.8 Å². The van der Waals surface area contributed by atoms with Crippen LogP contribution in [0.2, 0.25) is 0 Å². The summed E-state index contributed by atoms with van der Waals surface area (Å²) >= 11 is 0. The Morgan fingerprint density at radius 3 is 1.08 bits per heavy atom. The van der Waals surface area contributed by atoms with Crippen LogP contribution in [0.4, 0.5) is 0 Å². The van der Waals surface area contributed by atoms with Crippen LogP contribution in [0.5, 0.6) is 11.5 Å². The van der Waals surface area contributed by atoms with Gasteiger partial charge in [-0.15, -0.1) is 0 Å². The molecule has 0 unspecified atom stereocenters. The summed E-state index contributed by atoms with van der Waals surface area (Å²) in [6.07, 6.45) is 21.5. The molecular weight excluding hydrogens is 1590 g/mol. The first-order valence-corrected chi connectivity index (χ1v) is 43.3. The number of aliphatic carboxylic acids is 2. The largest absolute Gasteiger partial charge is 0.494 e. The van der Waals surface area contributed by atoms with Crippen molar-refractivity contribution in [3.63, 3.8) is 0 Å². The Kier molecular flexibility index (Phi) is 68.8. The molecule has 0 bridgehead atoms. The van der Waals surface area contributed by atoms with Crippen molar-refractivity contribution in [1.29, 1.82) is 0 Å². The molecule has 0 saturated heterocycles. The van der Waals surface area contributed by atoms with Crippen molar-refractivity contribution in [2.75, 3.05) is 152 Å². The first-order valence-electron chi connectivity index (χ1n) is 43.3. The lowest BCUT2D eigenvalue weighted by atomic mass is 9.88. The van der Waals surface area contributed by atoms with Gasteiger partial charge < -0.3 is 105 Å². The van der Waals surface area contributed by atoms with Crippen LogP contribution in [0.1, 0.15) is 244 Å². The van der Waals surface area contributed by atoms with Crippen LogP contribution in [0, 0.1) is 11.8 Å². The van der Waals surface area contributed by atoms with E-state index in [4.69, 9.17) is 57.6 Å². The van der Waals surface area contributed by atoms with E-state index in [-0.39, 0.29) is 190 Å². The monoisotopic (exact) mass is 1740 g/mol. The van der Waals surface area contributed by atoms with E-state index in [9.17, 15) is 77.3 Å². The van der Waals surface area contributed by atoms with Gasteiger partial charge in [-0.2, -0.15) is 0 Å². The Morgan fingerprint density at radius 2 is 0.689 bits per heavy atom. The highest BCUT2D eigenvalue weighted by molar-refractivity contribution is 5.90. The Labute approximate surface area is 721 Å². The van der Waals surface area contributed by atoms with Crippen molar-refractivity contribution in [3.05, 3.63) is 59.7 Å². The molecule has 0 aromatic heterocycles. The SMILES string of the molecule is CCCCCNC(=O)CC[C@H](NC(=O)COCCOCCCC(=O)COCCOCCNC(=O)CCCCCCCCCOc1ccc(C(=O)O)cc1)C(=O)O.CC[C@@H](CCCCNC(=O)CC[C@H](NC(=O)COCCOCCNC(=O)COCCOCCNC(=O)CCCCCCCCCOc1ccc(C(=O)O)cc1)C(=O)O)C(=O)C[C@@H](C)C(C)=O.[HH].[HH]. The fourth-order valence-corrected chi connectivity index (χ4v) is 11.6. The average Bonchev–Trinajstić information content (AvgIpc) is 0.886. The van der Waals surface area contributed by atoms with E-state index >= 15 is 0 Å². The van der Waals surface area contributed by atoms with Crippen molar-refractivity contribution in [2.45, 2.75) is 232 Å². The number of Topliss-reactive ketones (excluding diaryl/α,β-unsaturated/α-hetero) is 3. The van der Waals surface area contributed by atoms with Gasteiger partial charge in [0.25, 0.3) is 0 Å². The van der Waals surface area contributed by atoms with E-state index in [0.29, 0.717) is 116 Å². The number of amides is 7. The van der Waals surface area contributed by atoms with Crippen LogP contribution in [-0.4, -0.2) is 267 Å². The lowest BCUT2D eigenvalue weighted by Gasteiger charge is -2.16. The first kappa shape index (κ1) is 111. The quantitative estimate of drug-likeness (QED) is 0.0276. The number of rotatable bonds is 81. The number of carbonyl (C=O) groups is 14. The summed E-state index contributed by atoms with van der Waals surface area (Å²) in [6, 6.07) is 10.3. The zero-order valence-corrected chi connectivity index (χ0v) is 72.5. The Morgan fingerprint density at radius 1 is 0.336 bits per heavy atom. The maximum atomic E-state index is 12.5. The average molecular weight is 1740 g/mol. The maximum Gasteiger partial charge on any atom is 0.335 e. The molecule has 2 aromatic carbocycles. The van der Waals surface area contributed by atoms with Gasteiger partial charge in [-0.3, -0.25) is 47.9 Å². The van der Waals surface area contributed by atoms with Crippen LogP contribution >= 0.6 is 0 Å². The molecule has 0 aliphatic heterocycles. The van der Waals surface area contributed by atoms with Gasteiger partial charge in [0.15, 0.2) is 5.78 Å². The predicted molar refractivity (Wildman–Crippen MR) is 456 cm³/mol. The van der Waals surface area contributed by atoms with E-state index < -0.39 is 54.4 Å². The van der Waals surface area contributed by atoms with Crippen molar-refractivity contribution in [3.8, 4) is 11.5 Å². The first-order chi connectivity index (χ1) is 58.8. The van der Waals surface area contributed by atoms with E-state index in [0.717, 1.165) is 116 Å². The normalized spacial score (nSPS) is 11.9. The van der Waals surface area contributed by atoms with Crippen LogP contribution in [0.3, 0.4) is 0 Å². The number of nitrogens with one attached hydrogen (secondary N) is 7. The third-order valence-corrected chi connectivity index (χ3v) is 18.9. The molecule has 2 rings (SSSR count). The van der Waals surface area contributed by atoms with Gasteiger partial charge in [0.2, 0.25) is 41.4 Å². The minimum absolute atomic E-state index is 0. The Hall–Kier alpha value is -9.10. The van der Waals surface area contributed by atoms with Crippen molar-refractivity contribution >= 4 is 82.6 Å². The third kappa shape index (κ3) is 65.6. The second-order valence-electron chi connectivity index (χ2n) is 29.3. The molecule has 0 aliphatic rings. The summed E-state index contributed by atoms with van der Waals surface area (Å²) in [6.45, 7) is 12.2. The van der Waals surface area contributed by atoms with Gasteiger partial charge in [-0.25, -0.2) is 19.2 Å². The number of unbranched alkanes of at least 4 members (excludes halogenated alkanes) is 15. The number of aromatic carboxylic acids is 2. The van der Waals surface area contributed by atoms with Crippen LogP contribution in [-0.2, 0) is 95.4 Å². The van der Waals surface area contributed by atoms with Gasteiger partial charge in [0, 0.05) is 92.5 Å². The number of carboxylic acid groups (broad SMARTS) is 4. The summed E-state index contributed by atoms with van der Waals surface area (Å²) in [5.74, 6) is -5.68. The topological polar surface area (TPSA) is 496 Å². The summed E-state index contributed by atoms with van der Waals surface area (Å²) < 4.78 is 54.1. The number of hydrogen-bond donors (Lipinski definition) is 11. The Balaban J connectivity index is 0. The molecular formula is C87H145N7O28.